The molecule has 1 heterocycles. The lowest BCUT2D eigenvalue weighted by Crippen LogP contribution is -2.47. The van der Waals surface area contributed by atoms with E-state index in [-0.39, 0.29) is 30.7 Å². The molecule has 8 nitrogen and oxygen atoms in total. The van der Waals surface area contributed by atoms with Crippen LogP contribution >= 0.6 is 0 Å². The molecule has 3 rings (SSSR count). The van der Waals surface area contributed by atoms with Crippen molar-refractivity contribution in [3.05, 3.63) is 53.6 Å². The molecule has 1 saturated heterocycles. The van der Waals surface area contributed by atoms with Crippen LogP contribution in [-0.4, -0.2) is 62.1 Å². The molecule has 33 heavy (non-hydrogen) atoms. The quantitative estimate of drug-likeness (QED) is 0.557. The largest absolute Gasteiger partial charge is 0.494 e. The van der Waals surface area contributed by atoms with E-state index in [4.69, 9.17) is 9.47 Å². The van der Waals surface area contributed by atoms with Crippen molar-refractivity contribution < 1.29 is 23.9 Å². The number of aryl methyl sites for hydroxylation is 1. The number of carbonyl (C=O) groups excluding carboxylic acids is 3. The minimum absolute atomic E-state index is 0.00646. The summed E-state index contributed by atoms with van der Waals surface area (Å²) >= 11 is 0. The third-order valence-corrected chi connectivity index (χ3v) is 5.78. The van der Waals surface area contributed by atoms with Gasteiger partial charge >= 0.3 is 0 Å². The molecule has 0 aromatic heterocycles. The fraction of sp³-hybridized carbons (Fsp3) is 0.400. The first-order valence-electron chi connectivity index (χ1n) is 11.0. The summed E-state index contributed by atoms with van der Waals surface area (Å²) in [7, 11) is 1.56. The van der Waals surface area contributed by atoms with Crippen molar-refractivity contribution in [2.24, 2.45) is 0 Å². The Morgan fingerprint density at radius 3 is 2.55 bits per heavy atom. The molecule has 1 atom stereocenters. The van der Waals surface area contributed by atoms with Crippen LogP contribution < -0.4 is 15.0 Å². The number of nitrogens with one attached hydrogen (secondary N) is 1. The highest BCUT2D eigenvalue weighted by Crippen LogP contribution is 2.27. The number of hydrogen-bond donors (Lipinski definition) is 1. The normalized spacial score (nSPS) is 15.9. The van der Waals surface area contributed by atoms with E-state index in [0.717, 1.165) is 16.8 Å². The maximum absolute atomic E-state index is 13.2. The van der Waals surface area contributed by atoms with Crippen molar-refractivity contribution in [3.63, 3.8) is 0 Å². The lowest BCUT2D eigenvalue weighted by atomic mass is 10.1. The van der Waals surface area contributed by atoms with E-state index < -0.39 is 6.04 Å². The Kier molecular flexibility index (Phi) is 8.19. The molecule has 3 amide bonds. The topological polar surface area (TPSA) is 88.2 Å². The summed E-state index contributed by atoms with van der Waals surface area (Å²) in [5.74, 6) is -0.229. The average Bonchev–Trinajstić information content (AvgIpc) is 3.09. The van der Waals surface area contributed by atoms with Crippen molar-refractivity contribution in [1.82, 2.24) is 4.90 Å². The molecule has 1 aliphatic heterocycles. The first kappa shape index (κ1) is 24.4. The summed E-state index contributed by atoms with van der Waals surface area (Å²) in [5, 5.41) is 2.92. The van der Waals surface area contributed by atoms with Gasteiger partial charge in [0.05, 0.1) is 37.9 Å². The van der Waals surface area contributed by atoms with Gasteiger partial charge in [0.2, 0.25) is 11.8 Å². The Hall–Kier alpha value is -3.23. The smallest absolute Gasteiger partial charge is 0.251 e. The van der Waals surface area contributed by atoms with Gasteiger partial charge in [-0.15, -0.1) is 0 Å². The molecule has 0 bridgehead atoms. The van der Waals surface area contributed by atoms with Crippen LogP contribution in [0.15, 0.2) is 42.5 Å². The second-order valence-corrected chi connectivity index (χ2v) is 7.97. The van der Waals surface area contributed by atoms with Gasteiger partial charge in [-0.1, -0.05) is 12.1 Å². The van der Waals surface area contributed by atoms with E-state index in [2.05, 4.69) is 5.32 Å². The van der Waals surface area contributed by atoms with Crippen molar-refractivity contribution in [2.75, 3.05) is 43.6 Å². The molecule has 1 N–H and O–H groups in total. The number of anilines is 2. The number of methoxy groups -OCH3 is 1. The van der Waals surface area contributed by atoms with Crippen LogP contribution in [0.25, 0.3) is 0 Å². The van der Waals surface area contributed by atoms with Gasteiger partial charge in [0, 0.05) is 19.3 Å². The Balaban J connectivity index is 1.74. The van der Waals surface area contributed by atoms with Crippen LogP contribution in [0.5, 0.6) is 5.75 Å². The van der Waals surface area contributed by atoms with E-state index in [0.29, 0.717) is 31.2 Å². The Morgan fingerprint density at radius 2 is 1.88 bits per heavy atom. The summed E-state index contributed by atoms with van der Waals surface area (Å²) in [6, 6.07) is 11.8. The third-order valence-electron chi connectivity index (χ3n) is 5.78. The number of carbonyl (C=O) groups is 3. The minimum atomic E-state index is -0.733. The van der Waals surface area contributed by atoms with E-state index in [1.54, 1.807) is 36.3 Å². The molecule has 2 aromatic rings. The van der Waals surface area contributed by atoms with Gasteiger partial charge in [-0.3, -0.25) is 19.3 Å². The van der Waals surface area contributed by atoms with Crippen molar-refractivity contribution in [1.29, 1.82) is 0 Å². The highest BCUT2D eigenvalue weighted by molar-refractivity contribution is 6.22. The van der Waals surface area contributed by atoms with Gasteiger partial charge in [-0.05, 0) is 62.2 Å². The van der Waals surface area contributed by atoms with Gasteiger partial charge in [0.25, 0.3) is 5.91 Å². The fourth-order valence-corrected chi connectivity index (χ4v) is 3.84. The summed E-state index contributed by atoms with van der Waals surface area (Å²) in [5.41, 5.74) is 3.29. The zero-order valence-corrected chi connectivity index (χ0v) is 19.6. The lowest BCUT2D eigenvalue weighted by Gasteiger charge is -2.26. The standard InChI is InChI=1S/C25H31N3O5/c1-5-33-20-11-9-19(10-12-20)28-24(30)15-22(25(28)31)27(13-14-32-4)16-23(29)26-21-8-6-7-17(2)18(21)3/h6-12,22H,5,13-16H2,1-4H3,(H,26,29)/t22-/m1/s1. The number of imide groups is 1. The second kappa shape index (κ2) is 11.1. The number of nitrogens with zero attached hydrogens (tertiary/aromatic N) is 2. The van der Waals surface area contributed by atoms with Crippen LogP contribution in [0.3, 0.4) is 0 Å². The minimum Gasteiger partial charge on any atom is -0.494 e. The van der Waals surface area contributed by atoms with Crippen LogP contribution in [-0.2, 0) is 19.1 Å². The molecular weight excluding hydrogens is 422 g/mol. The maximum Gasteiger partial charge on any atom is 0.251 e. The highest BCUT2D eigenvalue weighted by Gasteiger charge is 2.43. The van der Waals surface area contributed by atoms with Gasteiger partial charge in [-0.2, -0.15) is 0 Å². The highest BCUT2D eigenvalue weighted by atomic mass is 16.5. The third kappa shape index (κ3) is 5.77. The van der Waals surface area contributed by atoms with Gasteiger partial charge in [-0.25, -0.2) is 4.90 Å². The fourth-order valence-electron chi connectivity index (χ4n) is 3.84. The van der Waals surface area contributed by atoms with E-state index in [9.17, 15) is 14.4 Å². The van der Waals surface area contributed by atoms with Crippen LogP contribution in [0, 0.1) is 13.8 Å². The van der Waals surface area contributed by atoms with E-state index >= 15 is 0 Å². The van der Waals surface area contributed by atoms with Crippen molar-refractivity contribution in [3.8, 4) is 5.75 Å². The number of rotatable bonds is 10. The maximum atomic E-state index is 13.2. The molecule has 8 heteroatoms. The first-order chi connectivity index (χ1) is 15.8. The number of ether oxygens (including phenoxy) is 2. The van der Waals surface area contributed by atoms with Gasteiger partial charge in [0.1, 0.15) is 5.75 Å². The van der Waals surface area contributed by atoms with Gasteiger partial charge in [0.15, 0.2) is 0 Å². The molecule has 0 radical (unpaired) electrons. The SMILES string of the molecule is CCOc1ccc(N2C(=O)C[C@@H](N(CCOC)CC(=O)Nc3cccc(C)c3C)C2=O)cc1. The van der Waals surface area contributed by atoms with Crippen LogP contribution in [0.1, 0.15) is 24.5 Å². The number of amides is 3. The number of benzene rings is 2. The molecule has 0 unspecified atom stereocenters. The first-order valence-corrected chi connectivity index (χ1v) is 11.0. The molecular formula is C25H31N3O5. The summed E-state index contributed by atoms with van der Waals surface area (Å²) in [4.78, 5) is 41.7. The predicted octanol–water partition coefficient (Wildman–Crippen LogP) is 2.92. The Labute approximate surface area is 194 Å². The zero-order chi connectivity index (χ0) is 24.0. The Morgan fingerprint density at radius 1 is 1.15 bits per heavy atom. The summed E-state index contributed by atoms with van der Waals surface area (Å²) in [6.45, 7) is 6.99. The van der Waals surface area contributed by atoms with Crippen molar-refractivity contribution >= 4 is 29.1 Å². The Bertz CT molecular complexity index is 1010. The molecule has 2 aromatic carbocycles. The second-order valence-electron chi connectivity index (χ2n) is 7.97. The molecule has 0 aliphatic carbocycles. The molecule has 176 valence electrons. The average molecular weight is 454 g/mol. The van der Waals surface area contributed by atoms with Crippen LogP contribution in [0.4, 0.5) is 11.4 Å². The summed E-state index contributed by atoms with van der Waals surface area (Å²) in [6.07, 6.45) is 0.00646. The van der Waals surface area contributed by atoms with Crippen LogP contribution in [0.2, 0.25) is 0 Å². The molecule has 1 aliphatic rings. The number of hydrogen-bond acceptors (Lipinski definition) is 6. The molecule has 0 spiro atoms. The van der Waals surface area contributed by atoms with E-state index in [1.165, 1.54) is 4.90 Å². The predicted molar refractivity (Wildman–Crippen MR) is 127 cm³/mol. The van der Waals surface area contributed by atoms with Gasteiger partial charge < -0.3 is 14.8 Å². The van der Waals surface area contributed by atoms with Crippen molar-refractivity contribution in [2.45, 2.75) is 33.2 Å². The molecule has 0 saturated carbocycles. The zero-order valence-electron chi connectivity index (χ0n) is 19.6. The summed E-state index contributed by atoms with van der Waals surface area (Å²) < 4.78 is 10.6. The lowest BCUT2D eigenvalue weighted by molar-refractivity contribution is -0.124. The monoisotopic (exact) mass is 453 g/mol. The van der Waals surface area contributed by atoms with E-state index in [1.807, 2.05) is 39.0 Å². The molecule has 1 fully saturated rings.